The van der Waals surface area contributed by atoms with Crippen LogP contribution in [0.3, 0.4) is 0 Å². The van der Waals surface area contributed by atoms with Gasteiger partial charge in [0.05, 0.1) is 20.8 Å². The minimum Gasteiger partial charge on any atom is -0.497 e. The van der Waals surface area contributed by atoms with Gasteiger partial charge in [-0.25, -0.2) is 0 Å². The van der Waals surface area contributed by atoms with Crippen LogP contribution in [-0.4, -0.2) is 59.9 Å². The highest BCUT2D eigenvalue weighted by molar-refractivity contribution is 5.97. The summed E-state index contributed by atoms with van der Waals surface area (Å²) in [7, 11) is 3.27. The normalized spacial score (nSPS) is 19.1. The van der Waals surface area contributed by atoms with E-state index in [0.29, 0.717) is 25.1 Å². The smallest absolute Gasteiger partial charge is 0.246 e. The summed E-state index contributed by atoms with van der Waals surface area (Å²) in [4.78, 5) is 34.7. The van der Waals surface area contributed by atoms with E-state index in [4.69, 9.17) is 9.47 Å². The van der Waals surface area contributed by atoms with Crippen molar-refractivity contribution in [1.29, 1.82) is 0 Å². The second-order valence-electron chi connectivity index (χ2n) is 9.59. The summed E-state index contributed by atoms with van der Waals surface area (Å²) in [6.07, 6.45) is 1.15. The molecular formula is C30H29N3O4. The van der Waals surface area contributed by atoms with Crippen LogP contribution in [-0.2, 0) is 22.4 Å². The molecule has 2 aliphatic heterocycles. The first-order chi connectivity index (χ1) is 18.1. The Morgan fingerprint density at radius 2 is 1.68 bits per heavy atom. The third kappa shape index (κ3) is 3.91. The number of hydrogen-bond acceptors (Lipinski definition) is 4. The zero-order valence-electron chi connectivity index (χ0n) is 20.9. The Morgan fingerprint density at radius 1 is 0.919 bits per heavy atom. The second kappa shape index (κ2) is 9.32. The minimum absolute atomic E-state index is 0.0102. The molecule has 3 heterocycles. The van der Waals surface area contributed by atoms with Gasteiger partial charge < -0.3 is 24.3 Å². The van der Waals surface area contributed by atoms with Crippen molar-refractivity contribution >= 4 is 22.7 Å². The number of carbonyl (C=O) groups is 2. The number of ether oxygens (including phenoxy) is 2. The molecular weight excluding hydrogens is 466 g/mol. The summed E-state index contributed by atoms with van der Waals surface area (Å²) >= 11 is 0. The van der Waals surface area contributed by atoms with Gasteiger partial charge in [0.2, 0.25) is 11.8 Å². The quantitative estimate of drug-likeness (QED) is 0.437. The molecule has 1 aromatic heterocycles. The number of benzene rings is 3. The van der Waals surface area contributed by atoms with Gasteiger partial charge in [-0.15, -0.1) is 0 Å². The molecule has 0 spiro atoms. The third-order valence-electron chi connectivity index (χ3n) is 7.61. The van der Waals surface area contributed by atoms with Crippen LogP contribution in [0, 0.1) is 0 Å². The van der Waals surface area contributed by atoms with E-state index in [2.05, 4.69) is 11.1 Å². The number of methoxy groups -OCH3 is 2. The molecule has 2 amide bonds. The van der Waals surface area contributed by atoms with Gasteiger partial charge >= 0.3 is 0 Å². The van der Waals surface area contributed by atoms with Crippen LogP contribution < -0.4 is 9.47 Å². The average molecular weight is 496 g/mol. The maximum atomic E-state index is 13.9. The van der Waals surface area contributed by atoms with Crippen LogP contribution in [0.25, 0.3) is 10.9 Å². The molecule has 0 aliphatic carbocycles. The molecule has 1 saturated heterocycles. The predicted octanol–water partition coefficient (Wildman–Crippen LogP) is 4.11. The number of piperazine rings is 1. The Bertz CT molecular complexity index is 1480. The lowest BCUT2D eigenvalue weighted by Crippen LogP contribution is -2.63. The molecule has 4 aromatic rings. The summed E-state index contributed by atoms with van der Waals surface area (Å²) in [5, 5.41) is 1.09. The first-order valence-electron chi connectivity index (χ1n) is 12.5. The largest absolute Gasteiger partial charge is 0.497 e. The highest BCUT2D eigenvalue weighted by atomic mass is 16.5. The van der Waals surface area contributed by atoms with E-state index in [1.807, 2.05) is 66.7 Å². The van der Waals surface area contributed by atoms with E-state index in [0.717, 1.165) is 39.0 Å². The van der Waals surface area contributed by atoms with Crippen molar-refractivity contribution in [3.63, 3.8) is 0 Å². The summed E-state index contributed by atoms with van der Waals surface area (Å²) in [5.74, 6) is 1.42. The SMILES string of the molecule is COc1ccc(CCN2CC(=O)N3C(c4ccccc4OC)c4[nH]c5ccccc5c4C[C@H]3C2=O)cc1. The van der Waals surface area contributed by atoms with E-state index < -0.39 is 12.1 Å². The minimum atomic E-state index is -0.571. The summed E-state index contributed by atoms with van der Waals surface area (Å²) in [6, 6.07) is 22.7. The van der Waals surface area contributed by atoms with Gasteiger partial charge in [-0.3, -0.25) is 9.59 Å². The molecule has 0 radical (unpaired) electrons. The lowest BCUT2D eigenvalue weighted by Gasteiger charge is -2.47. The second-order valence-corrected chi connectivity index (χ2v) is 9.59. The standard InChI is InChI=1S/C30H29N3O4/c1-36-20-13-11-19(12-14-20)15-16-32-18-27(34)33-25(30(32)35)17-23-21-7-3-5-9-24(21)31-28(23)29(33)22-8-4-6-10-26(22)37-2/h3-14,25,29,31H,15-18H2,1-2H3/t25-,29?/m0/s1. The molecule has 1 N–H and O–H groups in total. The molecule has 0 saturated carbocycles. The number of nitrogens with one attached hydrogen (secondary N) is 1. The van der Waals surface area contributed by atoms with E-state index in [1.54, 1.807) is 24.0 Å². The van der Waals surface area contributed by atoms with Gasteiger partial charge in [0, 0.05) is 35.1 Å². The molecule has 2 aliphatic rings. The number of hydrogen-bond donors (Lipinski definition) is 1. The Morgan fingerprint density at radius 3 is 2.46 bits per heavy atom. The van der Waals surface area contributed by atoms with Crippen molar-refractivity contribution in [1.82, 2.24) is 14.8 Å². The molecule has 37 heavy (non-hydrogen) atoms. The van der Waals surface area contributed by atoms with Crippen molar-refractivity contribution in [2.45, 2.75) is 24.9 Å². The van der Waals surface area contributed by atoms with Crippen LogP contribution in [0.4, 0.5) is 0 Å². The summed E-state index contributed by atoms with van der Waals surface area (Å²) < 4.78 is 10.9. The monoisotopic (exact) mass is 495 g/mol. The maximum absolute atomic E-state index is 13.9. The number of H-pyrrole nitrogens is 1. The van der Waals surface area contributed by atoms with Gasteiger partial charge in [-0.2, -0.15) is 0 Å². The highest BCUT2D eigenvalue weighted by Crippen LogP contribution is 2.44. The number of aromatic nitrogens is 1. The van der Waals surface area contributed by atoms with E-state index in [9.17, 15) is 9.59 Å². The van der Waals surface area contributed by atoms with E-state index in [-0.39, 0.29) is 18.4 Å². The highest BCUT2D eigenvalue weighted by Gasteiger charge is 2.48. The van der Waals surface area contributed by atoms with Gasteiger partial charge in [0.25, 0.3) is 0 Å². The molecule has 0 bridgehead atoms. The third-order valence-corrected chi connectivity index (χ3v) is 7.61. The molecule has 3 aromatic carbocycles. The zero-order chi connectivity index (χ0) is 25.5. The molecule has 188 valence electrons. The summed E-state index contributed by atoms with van der Waals surface area (Å²) in [6.45, 7) is 0.550. The fraction of sp³-hybridized carbons (Fsp3) is 0.267. The van der Waals surface area contributed by atoms with Crippen molar-refractivity contribution in [3.05, 3.63) is 95.2 Å². The Kier molecular flexibility index (Phi) is 5.83. The van der Waals surface area contributed by atoms with Crippen molar-refractivity contribution < 1.29 is 19.1 Å². The first-order valence-corrected chi connectivity index (χ1v) is 12.5. The molecule has 7 nitrogen and oxygen atoms in total. The number of rotatable bonds is 6. The molecule has 1 unspecified atom stereocenters. The Balaban J connectivity index is 1.37. The van der Waals surface area contributed by atoms with Crippen LogP contribution in [0.1, 0.15) is 28.4 Å². The number of fused-ring (bicyclic) bond motifs is 4. The fourth-order valence-electron chi connectivity index (χ4n) is 5.79. The van der Waals surface area contributed by atoms with Crippen LogP contribution in [0.5, 0.6) is 11.5 Å². The van der Waals surface area contributed by atoms with Crippen LogP contribution in [0.15, 0.2) is 72.8 Å². The molecule has 7 heteroatoms. The fourth-order valence-corrected chi connectivity index (χ4v) is 5.79. The first kappa shape index (κ1) is 23.2. The van der Waals surface area contributed by atoms with Crippen LogP contribution >= 0.6 is 0 Å². The Hall–Kier alpha value is -4.26. The van der Waals surface area contributed by atoms with E-state index >= 15 is 0 Å². The lowest BCUT2D eigenvalue weighted by atomic mass is 9.86. The van der Waals surface area contributed by atoms with Crippen molar-refractivity contribution in [3.8, 4) is 11.5 Å². The number of para-hydroxylation sites is 2. The maximum Gasteiger partial charge on any atom is 0.246 e. The molecule has 2 atom stereocenters. The van der Waals surface area contributed by atoms with Crippen molar-refractivity contribution in [2.75, 3.05) is 27.3 Å². The molecule has 1 fully saturated rings. The number of aromatic amines is 1. The Labute approximate surface area is 215 Å². The summed E-state index contributed by atoms with van der Waals surface area (Å²) in [5.41, 5.74) is 5.01. The lowest BCUT2D eigenvalue weighted by molar-refractivity contribution is -0.158. The number of nitrogens with zero attached hydrogens (tertiary/aromatic N) is 2. The predicted molar refractivity (Wildman–Crippen MR) is 141 cm³/mol. The van der Waals surface area contributed by atoms with Crippen molar-refractivity contribution in [2.24, 2.45) is 0 Å². The number of amides is 2. The van der Waals surface area contributed by atoms with E-state index in [1.165, 1.54) is 0 Å². The van der Waals surface area contributed by atoms with Crippen LogP contribution in [0.2, 0.25) is 0 Å². The topological polar surface area (TPSA) is 74.9 Å². The zero-order valence-corrected chi connectivity index (χ0v) is 20.9. The molecule has 6 rings (SSSR count). The van der Waals surface area contributed by atoms with Gasteiger partial charge in [0.1, 0.15) is 23.6 Å². The number of carbonyl (C=O) groups excluding carboxylic acids is 2. The van der Waals surface area contributed by atoms with Gasteiger partial charge in [-0.1, -0.05) is 48.5 Å². The van der Waals surface area contributed by atoms with Gasteiger partial charge in [-0.05, 0) is 41.8 Å². The average Bonchev–Trinajstić information content (AvgIpc) is 3.32. The van der Waals surface area contributed by atoms with Gasteiger partial charge in [0.15, 0.2) is 0 Å².